The van der Waals surface area contributed by atoms with Crippen molar-refractivity contribution in [3.63, 3.8) is 0 Å². The molecule has 1 aliphatic carbocycles. The Morgan fingerprint density at radius 3 is 2.81 bits per heavy atom. The number of fused-ring (bicyclic) bond motifs is 1. The number of hydrazine groups is 1. The maximum absolute atomic E-state index is 6.01. The van der Waals surface area contributed by atoms with Crippen LogP contribution in [0.5, 0.6) is 0 Å². The number of rotatable bonds is 4. The minimum absolute atomic E-state index is 0.0576. The largest absolute Gasteiger partial charge is 0.297 e. The first-order chi connectivity index (χ1) is 10.1. The molecular formula is C17H28N4. The average Bonchev–Trinajstić information content (AvgIpc) is 3.03. The monoisotopic (exact) mass is 288 g/mol. The lowest BCUT2D eigenvalue weighted by molar-refractivity contribution is 0.0889. The zero-order chi connectivity index (χ0) is 14.9. The molecular weight excluding hydrogens is 260 g/mol. The van der Waals surface area contributed by atoms with Gasteiger partial charge in [0.05, 0.1) is 0 Å². The van der Waals surface area contributed by atoms with Crippen LogP contribution in [-0.2, 0) is 6.42 Å². The lowest BCUT2D eigenvalue weighted by atomic mass is 9.75. The molecule has 0 bridgehead atoms. The van der Waals surface area contributed by atoms with Crippen LogP contribution in [0.15, 0.2) is 18.3 Å². The number of aryl methyl sites for hydroxylation is 1. The first kappa shape index (κ1) is 14.9. The number of hydrogen-bond acceptors (Lipinski definition) is 4. The van der Waals surface area contributed by atoms with E-state index in [-0.39, 0.29) is 11.6 Å². The van der Waals surface area contributed by atoms with Gasteiger partial charge in [0.15, 0.2) is 0 Å². The Morgan fingerprint density at radius 2 is 2.10 bits per heavy atom. The van der Waals surface area contributed by atoms with Crippen molar-refractivity contribution in [3.05, 3.63) is 29.6 Å². The second-order valence-electron chi connectivity index (χ2n) is 7.04. The predicted molar refractivity (Wildman–Crippen MR) is 85.9 cm³/mol. The normalized spacial score (nSPS) is 24.8. The van der Waals surface area contributed by atoms with Crippen LogP contribution in [0.4, 0.5) is 0 Å². The molecule has 116 valence electrons. The van der Waals surface area contributed by atoms with Crippen molar-refractivity contribution in [2.45, 2.75) is 63.5 Å². The second-order valence-corrected chi connectivity index (χ2v) is 7.04. The van der Waals surface area contributed by atoms with Gasteiger partial charge in [-0.1, -0.05) is 6.07 Å². The van der Waals surface area contributed by atoms with E-state index in [4.69, 9.17) is 10.8 Å². The van der Waals surface area contributed by atoms with Crippen LogP contribution in [0.1, 0.15) is 56.7 Å². The fraction of sp³-hybridized carbons (Fsp3) is 0.706. The summed E-state index contributed by atoms with van der Waals surface area (Å²) in [6.45, 7) is 7.04. The molecule has 4 heteroatoms. The molecule has 21 heavy (non-hydrogen) atoms. The highest BCUT2D eigenvalue weighted by atomic mass is 15.3. The minimum Gasteiger partial charge on any atom is -0.297 e. The van der Waals surface area contributed by atoms with Crippen molar-refractivity contribution in [2.24, 2.45) is 5.84 Å². The van der Waals surface area contributed by atoms with Gasteiger partial charge in [-0.15, -0.1) is 0 Å². The minimum atomic E-state index is 0.0576. The zero-order valence-electron chi connectivity index (χ0n) is 13.3. The third kappa shape index (κ3) is 2.72. The van der Waals surface area contributed by atoms with E-state index >= 15 is 0 Å². The quantitative estimate of drug-likeness (QED) is 0.659. The van der Waals surface area contributed by atoms with E-state index in [0.717, 1.165) is 6.42 Å². The van der Waals surface area contributed by atoms with Crippen molar-refractivity contribution in [2.75, 3.05) is 13.1 Å². The molecule has 2 aliphatic rings. The molecule has 2 heterocycles. The summed E-state index contributed by atoms with van der Waals surface area (Å²) in [6, 6.07) is 4.52. The van der Waals surface area contributed by atoms with Crippen LogP contribution >= 0.6 is 0 Å². The molecule has 0 spiro atoms. The first-order valence-corrected chi connectivity index (χ1v) is 8.29. The Bertz CT molecular complexity index is 479. The molecule has 4 nitrogen and oxygen atoms in total. The molecule has 2 atom stereocenters. The summed E-state index contributed by atoms with van der Waals surface area (Å²) in [5.74, 6) is 6.42. The van der Waals surface area contributed by atoms with Crippen molar-refractivity contribution in [1.82, 2.24) is 15.3 Å². The number of hydrogen-bond donors (Lipinski definition) is 2. The summed E-state index contributed by atoms with van der Waals surface area (Å²) in [5.41, 5.74) is 5.88. The third-order valence-corrected chi connectivity index (χ3v) is 5.50. The Balaban J connectivity index is 1.90. The molecule has 1 aliphatic heterocycles. The topological polar surface area (TPSA) is 54.2 Å². The Labute approximate surface area is 128 Å². The van der Waals surface area contributed by atoms with Crippen molar-refractivity contribution >= 4 is 0 Å². The molecule has 1 saturated heterocycles. The molecule has 1 fully saturated rings. The van der Waals surface area contributed by atoms with E-state index in [9.17, 15) is 0 Å². The van der Waals surface area contributed by atoms with E-state index in [0.29, 0.717) is 5.92 Å². The van der Waals surface area contributed by atoms with Gasteiger partial charge in [-0.2, -0.15) is 0 Å². The number of nitrogens with one attached hydrogen (secondary N) is 1. The van der Waals surface area contributed by atoms with Crippen LogP contribution in [0.2, 0.25) is 0 Å². The van der Waals surface area contributed by atoms with Gasteiger partial charge in [0.1, 0.15) is 0 Å². The maximum atomic E-state index is 6.01. The molecule has 1 aromatic rings. The molecule has 0 radical (unpaired) electrons. The Kier molecular flexibility index (Phi) is 4.29. The number of likely N-dealkylation sites (tertiary alicyclic amines) is 1. The van der Waals surface area contributed by atoms with Gasteiger partial charge in [-0.3, -0.25) is 21.2 Å². The van der Waals surface area contributed by atoms with Gasteiger partial charge in [0.2, 0.25) is 0 Å². The van der Waals surface area contributed by atoms with E-state index in [1.54, 1.807) is 0 Å². The van der Waals surface area contributed by atoms with Crippen LogP contribution in [0.25, 0.3) is 0 Å². The van der Waals surface area contributed by atoms with Crippen LogP contribution in [-0.4, -0.2) is 34.6 Å². The highest BCUT2D eigenvalue weighted by molar-refractivity contribution is 5.28. The van der Waals surface area contributed by atoms with Gasteiger partial charge in [-0.25, -0.2) is 0 Å². The molecule has 0 aromatic carbocycles. The Morgan fingerprint density at radius 1 is 1.33 bits per heavy atom. The molecule has 0 amide bonds. The number of nitrogens with two attached hydrogens (primary N) is 1. The number of pyridine rings is 1. The maximum Gasteiger partial charge on any atom is 0.0483 e. The second kappa shape index (κ2) is 6.03. The highest BCUT2D eigenvalue weighted by Crippen LogP contribution is 2.38. The lowest BCUT2D eigenvalue weighted by Crippen LogP contribution is -2.61. The van der Waals surface area contributed by atoms with Crippen LogP contribution in [0, 0.1) is 0 Å². The van der Waals surface area contributed by atoms with Crippen molar-refractivity contribution in [1.29, 1.82) is 0 Å². The third-order valence-electron chi connectivity index (χ3n) is 5.50. The lowest BCUT2D eigenvalue weighted by Gasteiger charge is -2.46. The molecule has 1 aromatic heterocycles. The molecule has 0 saturated carbocycles. The average molecular weight is 288 g/mol. The van der Waals surface area contributed by atoms with Gasteiger partial charge in [0, 0.05) is 29.4 Å². The zero-order valence-corrected chi connectivity index (χ0v) is 13.3. The molecule has 3 rings (SSSR count). The molecule has 2 unspecified atom stereocenters. The van der Waals surface area contributed by atoms with E-state index < -0.39 is 0 Å². The van der Waals surface area contributed by atoms with Gasteiger partial charge >= 0.3 is 0 Å². The summed E-state index contributed by atoms with van der Waals surface area (Å²) in [4.78, 5) is 7.29. The predicted octanol–water partition coefficient (Wildman–Crippen LogP) is 2.21. The van der Waals surface area contributed by atoms with E-state index in [2.05, 4.69) is 36.3 Å². The van der Waals surface area contributed by atoms with Gasteiger partial charge in [0.25, 0.3) is 0 Å². The van der Waals surface area contributed by atoms with Gasteiger partial charge in [-0.05, 0) is 70.7 Å². The Hall–Kier alpha value is -0.970. The highest BCUT2D eigenvalue weighted by Gasteiger charge is 2.42. The van der Waals surface area contributed by atoms with Crippen molar-refractivity contribution < 1.29 is 0 Å². The standard InChI is InChI=1S/C17H28N4/c1-17(2,21-11-3-4-12-21)16(20-18)14-9-5-7-13-8-6-10-19-15(13)14/h6,8,10,14,16,20H,3-5,7,9,11-12,18H2,1-2H3. The fourth-order valence-electron chi connectivity index (χ4n) is 4.27. The van der Waals surface area contributed by atoms with Gasteiger partial charge < -0.3 is 0 Å². The first-order valence-electron chi connectivity index (χ1n) is 8.29. The summed E-state index contributed by atoms with van der Waals surface area (Å²) >= 11 is 0. The summed E-state index contributed by atoms with van der Waals surface area (Å²) in [6.07, 6.45) is 8.10. The van der Waals surface area contributed by atoms with E-state index in [1.165, 1.54) is 50.0 Å². The van der Waals surface area contributed by atoms with Crippen LogP contribution in [0.3, 0.4) is 0 Å². The van der Waals surface area contributed by atoms with Crippen molar-refractivity contribution in [3.8, 4) is 0 Å². The fourth-order valence-corrected chi connectivity index (χ4v) is 4.27. The number of aromatic nitrogens is 1. The summed E-state index contributed by atoms with van der Waals surface area (Å²) < 4.78 is 0. The summed E-state index contributed by atoms with van der Waals surface area (Å²) in [5, 5.41) is 0. The smallest absolute Gasteiger partial charge is 0.0483 e. The SMILES string of the molecule is CC(C)(C(NN)C1CCCc2cccnc21)N1CCCC1. The summed E-state index contributed by atoms with van der Waals surface area (Å²) in [7, 11) is 0. The van der Waals surface area contributed by atoms with Crippen LogP contribution < -0.4 is 11.3 Å². The number of nitrogens with zero attached hydrogens (tertiary/aromatic N) is 2. The molecule has 3 N–H and O–H groups in total. The van der Waals surface area contributed by atoms with E-state index in [1.807, 2.05) is 6.20 Å².